The second kappa shape index (κ2) is 3.43. The normalized spacial score (nSPS) is 22.6. The smallest absolute Gasteiger partial charge is 0.0272 e. The van der Waals surface area contributed by atoms with Crippen LogP contribution >= 0.6 is 0 Å². The lowest BCUT2D eigenvalue weighted by molar-refractivity contribution is 0.540. The third-order valence-electron chi connectivity index (χ3n) is 1.72. The summed E-state index contributed by atoms with van der Waals surface area (Å²) in [4.78, 5) is 0. The maximum atomic E-state index is 5.60. The highest BCUT2D eigenvalue weighted by atomic mass is 14.7. The van der Waals surface area contributed by atoms with Gasteiger partial charge in [-0.15, -0.1) is 5.92 Å². The van der Waals surface area contributed by atoms with Gasteiger partial charge >= 0.3 is 0 Å². The van der Waals surface area contributed by atoms with Gasteiger partial charge in [-0.1, -0.05) is 17.6 Å². The summed E-state index contributed by atoms with van der Waals surface area (Å²) < 4.78 is 0. The Balaban J connectivity index is 2.21. The summed E-state index contributed by atoms with van der Waals surface area (Å²) in [6, 6.07) is 0.431. The van der Waals surface area contributed by atoms with Crippen LogP contribution in [0.2, 0.25) is 0 Å². The maximum Gasteiger partial charge on any atom is 0.0272 e. The lowest BCUT2D eigenvalue weighted by Gasteiger charge is -2.24. The van der Waals surface area contributed by atoms with Crippen LogP contribution in [0.25, 0.3) is 0 Å². The zero-order chi connectivity index (χ0) is 7.40. The van der Waals surface area contributed by atoms with Crippen LogP contribution in [0.5, 0.6) is 0 Å². The Hall–Kier alpha value is -0.740. The highest BCUT2D eigenvalue weighted by Gasteiger charge is 2.17. The van der Waals surface area contributed by atoms with Crippen LogP contribution in [0.1, 0.15) is 26.2 Å². The van der Waals surface area contributed by atoms with E-state index in [2.05, 4.69) is 17.9 Å². The molecule has 0 atom stereocenters. The second-order valence-electron chi connectivity index (χ2n) is 2.66. The molecule has 0 aromatic heterocycles. The van der Waals surface area contributed by atoms with Crippen LogP contribution in [0.15, 0.2) is 11.6 Å². The lowest BCUT2D eigenvalue weighted by Crippen LogP contribution is -2.30. The highest BCUT2D eigenvalue weighted by Crippen LogP contribution is 2.24. The molecule has 0 amide bonds. The third-order valence-corrected chi connectivity index (χ3v) is 1.72. The molecule has 1 rings (SSSR count). The number of nitrogens with two attached hydrogens (primary N) is 1. The first-order valence-electron chi connectivity index (χ1n) is 3.66. The van der Waals surface area contributed by atoms with E-state index in [1.54, 1.807) is 0 Å². The molecule has 1 nitrogen and oxygen atoms in total. The average Bonchev–Trinajstić information content (AvgIpc) is 1.85. The molecule has 1 aliphatic rings. The van der Waals surface area contributed by atoms with Crippen LogP contribution in [-0.2, 0) is 0 Å². The fourth-order valence-electron chi connectivity index (χ4n) is 1.08. The summed E-state index contributed by atoms with van der Waals surface area (Å²) in [5.41, 5.74) is 7.08. The zero-order valence-corrected chi connectivity index (χ0v) is 6.35. The molecular formula is C9H13N. The summed E-state index contributed by atoms with van der Waals surface area (Å²) in [6.45, 7) is 1.87. The molecule has 0 saturated heterocycles. The quantitative estimate of drug-likeness (QED) is 0.427. The summed E-state index contributed by atoms with van der Waals surface area (Å²) >= 11 is 0. The minimum Gasteiger partial charge on any atom is -0.327 e. The summed E-state index contributed by atoms with van der Waals surface area (Å²) in [7, 11) is 0. The number of hydrogen-bond acceptors (Lipinski definition) is 1. The van der Waals surface area contributed by atoms with Crippen molar-refractivity contribution in [1.82, 2.24) is 0 Å². The van der Waals surface area contributed by atoms with E-state index in [4.69, 9.17) is 5.73 Å². The van der Waals surface area contributed by atoms with Crippen molar-refractivity contribution < 1.29 is 0 Å². The maximum absolute atomic E-state index is 5.60. The zero-order valence-electron chi connectivity index (χ0n) is 6.35. The van der Waals surface area contributed by atoms with Crippen LogP contribution in [0, 0.1) is 11.8 Å². The monoisotopic (exact) mass is 135 g/mol. The van der Waals surface area contributed by atoms with Gasteiger partial charge in [-0.25, -0.2) is 0 Å². The molecule has 0 heterocycles. The molecule has 10 heavy (non-hydrogen) atoms. The van der Waals surface area contributed by atoms with Crippen molar-refractivity contribution >= 4 is 0 Å². The number of allylic oxidation sites excluding steroid dienone is 1. The van der Waals surface area contributed by atoms with E-state index in [1.807, 2.05) is 6.92 Å². The van der Waals surface area contributed by atoms with Crippen LogP contribution in [0.4, 0.5) is 0 Å². The van der Waals surface area contributed by atoms with Gasteiger partial charge in [-0.05, 0) is 19.8 Å². The van der Waals surface area contributed by atoms with Gasteiger partial charge in [0, 0.05) is 12.5 Å². The van der Waals surface area contributed by atoms with Gasteiger partial charge in [-0.3, -0.25) is 0 Å². The van der Waals surface area contributed by atoms with Crippen LogP contribution < -0.4 is 5.73 Å². The molecule has 1 fully saturated rings. The molecule has 2 N–H and O–H groups in total. The van der Waals surface area contributed by atoms with Crippen molar-refractivity contribution in [2.24, 2.45) is 5.73 Å². The summed E-state index contributed by atoms with van der Waals surface area (Å²) in [5, 5.41) is 0. The number of hydrogen-bond donors (Lipinski definition) is 1. The third kappa shape index (κ3) is 1.89. The van der Waals surface area contributed by atoms with Gasteiger partial charge in [0.1, 0.15) is 0 Å². The molecule has 1 saturated carbocycles. The molecule has 1 aliphatic carbocycles. The summed E-state index contributed by atoms with van der Waals surface area (Å²) in [6.07, 6.45) is 5.27. The van der Waals surface area contributed by atoms with Crippen LogP contribution in [-0.4, -0.2) is 6.04 Å². The van der Waals surface area contributed by atoms with E-state index in [1.165, 1.54) is 5.57 Å². The largest absolute Gasteiger partial charge is 0.327 e. The van der Waals surface area contributed by atoms with E-state index < -0.39 is 0 Å². The molecule has 0 aliphatic heterocycles. The summed E-state index contributed by atoms with van der Waals surface area (Å²) in [5.74, 6) is 5.85. The Morgan fingerprint density at radius 1 is 1.70 bits per heavy atom. The molecule has 0 spiro atoms. The predicted octanol–water partition coefficient (Wildman–Crippen LogP) is 1.45. The Morgan fingerprint density at radius 3 is 2.90 bits per heavy atom. The van der Waals surface area contributed by atoms with Crippen molar-refractivity contribution in [2.75, 3.05) is 0 Å². The minimum absolute atomic E-state index is 0.431. The fraction of sp³-hybridized carbons (Fsp3) is 0.556. The average molecular weight is 135 g/mol. The Labute approximate surface area is 62.3 Å². The molecular weight excluding hydrogens is 122 g/mol. The molecule has 54 valence electrons. The van der Waals surface area contributed by atoms with Crippen molar-refractivity contribution in [1.29, 1.82) is 0 Å². The van der Waals surface area contributed by atoms with E-state index >= 15 is 0 Å². The van der Waals surface area contributed by atoms with Gasteiger partial charge in [0.25, 0.3) is 0 Å². The lowest BCUT2D eigenvalue weighted by atomic mass is 9.87. The van der Waals surface area contributed by atoms with Crippen molar-refractivity contribution in [3.8, 4) is 11.8 Å². The van der Waals surface area contributed by atoms with Gasteiger partial charge in [0.15, 0.2) is 0 Å². The van der Waals surface area contributed by atoms with Gasteiger partial charge in [0.2, 0.25) is 0 Å². The highest BCUT2D eigenvalue weighted by molar-refractivity contribution is 5.18. The van der Waals surface area contributed by atoms with E-state index in [9.17, 15) is 0 Å². The number of rotatable bonds is 1. The molecule has 0 bridgehead atoms. The molecule has 0 radical (unpaired) electrons. The first-order valence-corrected chi connectivity index (χ1v) is 3.66. The topological polar surface area (TPSA) is 26.0 Å². The minimum atomic E-state index is 0.431. The van der Waals surface area contributed by atoms with Crippen molar-refractivity contribution in [2.45, 2.75) is 32.2 Å². The molecule has 0 aromatic carbocycles. The Kier molecular flexibility index (Phi) is 2.53. The predicted molar refractivity (Wildman–Crippen MR) is 43.4 cm³/mol. The molecule has 1 heteroatoms. The molecule has 0 unspecified atom stereocenters. The van der Waals surface area contributed by atoms with E-state index in [0.29, 0.717) is 6.04 Å². The van der Waals surface area contributed by atoms with Gasteiger partial charge in [0.05, 0.1) is 0 Å². The Morgan fingerprint density at radius 2 is 2.40 bits per heavy atom. The van der Waals surface area contributed by atoms with E-state index in [0.717, 1.165) is 19.3 Å². The first-order chi connectivity index (χ1) is 4.83. The van der Waals surface area contributed by atoms with E-state index in [-0.39, 0.29) is 0 Å². The van der Waals surface area contributed by atoms with Crippen molar-refractivity contribution in [3.05, 3.63) is 11.6 Å². The first kappa shape index (κ1) is 7.37. The van der Waals surface area contributed by atoms with Crippen LogP contribution in [0.3, 0.4) is 0 Å². The SMILES string of the molecule is CC#CCC=C1CC(N)C1. The Bertz CT molecular complexity index is 185. The second-order valence-corrected chi connectivity index (χ2v) is 2.66. The standard InChI is InChI=1S/C9H13N/c1-2-3-4-5-8-6-9(10)7-8/h5,9H,4,6-7,10H2,1H3. The van der Waals surface area contributed by atoms with Gasteiger partial charge in [-0.2, -0.15) is 0 Å². The van der Waals surface area contributed by atoms with Gasteiger partial charge < -0.3 is 5.73 Å². The fourth-order valence-corrected chi connectivity index (χ4v) is 1.08. The van der Waals surface area contributed by atoms with Crippen molar-refractivity contribution in [3.63, 3.8) is 0 Å². The molecule has 0 aromatic rings.